The Hall–Kier alpha value is -0.330. The van der Waals surface area contributed by atoms with Crippen LogP contribution in [0.1, 0.15) is 90.9 Å². The van der Waals surface area contributed by atoms with E-state index in [4.69, 9.17) is 0 Å². The van der Waals surface area contributed by atoms with Crippen molar-refractivity contribution in [1.29, 1.82) is 0 Å². The highest BCUT2D eigenvalue weighted by Crippen LogP contribution is 2.43. The molecule has 0 bridgehead atoms. The van der Waals surface area contributed by atoms with Gasteiger partial charge in [-0.05, 0) is 43.4 Å². The lowest BCUT2D eigenvalue weighted by Gasteiger charge is -2.39. The van der Waals surface area contributed by atoms with Gasteiger partial charge in [-0.1, -0.05) is 58.8 Å². The van der Waals surface area contributed by atoms with Gasteiger partial charge in [0.05, 0.1) is 0 Å². The average molecular weight is 278 g/mol. The van der Waals surface area contributed by atoms with Gasteiger partial charge in [0, 0.05) is 12.3 Å². The molecule has 0 aliphatic heterocycles. The normalized spacial score (nSPS) is 30.1. The van der Waals surface area contributed by atoms with E-state index in [2.05, 4.69) is 13.8 Å². The molecule has 20 heavy (non-hydrogen) atoms. The van der Waals surface area contributed by atoms with Gasteiger partial charge in [0.15, 0.2) is 0 Å². The molecule has 1 nitrogen and oxygen atoms in total. The van der Waals surface area contributed by atoms with E-state index >= 15 is 0 Å². The summed E-state index contributed by atoms with van der Waals surface area (Å²) in [4.78, 5) is 12.6. The molecular weight excluding hydrogens is 244 g/mol. The van der Waals surface area contributed by atoms with Crippen LogP contribution >= 0.6 is 0 Å². The highest BCUT2D eigenvalue weighted by Gasteiger charge is 2.37. The van der Waals surface area contributed by atoms with E-state index in [0.29, 0.717) is 11.7 Å². The van der Waals surface area contributed by atoms with Crippen LogP contribution in [0.15, 0.2) is 0 Å². The van der Waals surface area contributed by atoms with Crippen molar-refractivity contribution < 1.29 is 4.79 Å². The van der Waals surface area contributed by atoms with Crippen molar-refractivity contribution >= 4 is 5.78 Å². The minimum absolute atomic E-state index is 0.417. The number of carbonyl (C=O) groups is 1. The third-order valence-corrected chi connectivity index (χ3v) is 5.91. The van der Waals surface area contributed by atoms with Crippen LogP contribution in [0.2, 0.25) is 0 Å². The van der Waals surface area contributed by atoms with Gasteiger partial charge >= 0.3 is 0 Å². The van der Waals surface area contributed by atoms with Crippen molar-refractivity contribution in [2.45, 2.75) is 90.9 Å². The zero-order valence-corrected chi connectivity index (χ0v) is 13.7. The van der Waals surface area contributed by atoms with Crippen molar-refractivity contribution in [3.8, 4) is 0 Å². The summed E-state index contributed by atoms with van der Waals surface area (Å²) in [5.74, 6) is 3.35. The molecule has 0 aromatic heterocycles. The third-order valence-electron chi connectivity index (χ3n) is 5.91. The molecule has 116 valence electrons. The third kappa shape index (κ3) is 4.09. The van der Waals surface area contributed by atoms with Crippen LogP contribution < -0.4 is 0 Å². The number of ketones is 1. The lowest BCUT2D eigenvalue weighted by molar-refractivity contribution is -0.127. The molecule has 3 unspecified atom stereocenters. The topological polar surface area (TPSA) is 17.1 Å². The predicted molar refractivity (Wildman–Crippen MR) is 85.7 cm³/mol. The standard InChI is InChI=1S/C19H34O/c1-3-9-15-10-8-13-17(14-15)19(18(20)4-2)16-11-6-5-7-12-16/h15-17,19H,3-14H2,1-2H3. The zero-order valence-electron chi connectivity index (χ0n) is 13.7. The lowest BCUT2D eigenvalue weighted by atomic mass is 9.65. The Bertz CT molecular complexity index is 288. The number of rotatable bonds is 6. The summed E-state index contributed by atoms with van der Waals surface area (Å²) in [5, 5.41) is 0. The number of Topliss-reactive ketones (excluding diaryl/α,β-unsaturated/α-hetero) is 1. The van der Waals surface area contributed by atoms with E-state index in [0.717, 1.165) is 24.2 Å². The van der Waals surface area contributed by atoms with Gasteiger partial charge in [-0.2, -0.15) is 0 Å². The Labute approximate surface area is 125 Å². The average Bonchev–Trinajstić information content (AvgIpc) is 2.49. The Morgan fingerprint density at radius 2 is 1.65 bits per heavy atom. The molecule has 0 amide bonds. The van der Waals surface area contributed by atoms with Crippen molar-refractivity contribution in [3.63, 3.8) is 0 Å². The highest BCUT2D eigenvalue weighted by atomic mass is 16.1. The van der Waals surface area contributed by atoms with Crippen molar-refractivity contribution in [2.24, 2.45) is 23.7 Å². The fraction of sp³-hybridized carbons (Fsp3) is 0.947. The van der Waals surface area contributed by atoms with E-state index in [1.807, 2.05) is 0 Å². The summed E-state index contributed by atoms with van der Waals surface area (Å²) in [6, 6.07) is 0. The summed E-state index contributed by atoms with van der Waals surface area (Å²) in [6.45, 7) is 4.38. The Balaban J connectivity index is 2.03. The molecule has 0 aromatic carbocycles. The maximum Gasteiger partial charge on any atom is 0.136 e. The second-order valence-electron chi connectivity index (χ2n) is 7.33. The fourth-order valence-electron chi connectivity index (χ4n) is 4.97. The number of carbonyl (C=O) groups excluding carboxylic acids is 1. The minimum Gasteiger partial charge on any atom is -0.299 e. The molecule has 0 N–H and O–H groups in total. The molecule has 2 aliphatic carbocycles. The van der Waals surface area contributed by atoms with Crippen LogP contribution in [-0.4, -0.2) is 5.78 Å². The van der Waals surface area contributed by atoms with Gasteiger partial charge in [0.25, 0.3) is 0 Å². The molecule has 1 heteroatoms. The number of hydrogen-bond donors (Lipinski definition) is 0. The molecule has 2 rings (SSSR count). The van der Waals surface area contributed by atoms with Crippen LogP contribution in [0.4, 0.5) is 0 Å². The molecule has 2 fully saturated rings. The van der Waals surface area contributed by atoms with E-state index in [1.54, 1.807) is 0 Å². The first-order valence-corrected chi connectivity index (χ1v) is 9.28. The van der Waals surface area contributed by atoms with Gasteiger partial charge in [-0.15, -0.1) is 0 Å². The van der Waals surface area contributed by atoms with E-state index in [9.17, 15) is 4.79 Å². The Morgan fingerprint density at radius 1 is 0.950 bits per heavy atom. The molecule has 0 heterocycles. The second kappa shape index (κ2) is 8.20. The second-order valence-corrected chi connectivity index (χ2v) is 7.33. The maximum absolute atomic E-state index is 12.6. The van der Waals surface area contributed by atoms with Crippen LogP contribution in [0.25, 0.3) is 0 Å². The Kier molecular flexibility index (Phi) is 6.58. The minimum atomic E-state index is 0.417. The summed E-state index contributed by atoms with van der Waals surface area (Å²) >= 11 is 0. The van der Waals surface area contributed by atoms with Crippen LogP contribution in [0.3, 0.4) is 0 Å². The van der Waals surface area contributed by atoms with Crippen LogP contribution in [-0.2, 0) is 4.79 Å². The number of hydrogen-bond acceptors (Lipinski definition) is 1. The van der Waals surface area contributed by atoms with Gasteiger partial charge < -0.3 is 0 Å². The monoisotopic (exact) mass is 278 g/mol. The lowest BCUT2D eigenvalue weighted by Crippen LogP contribution is -2.35. The summed E-state index contributed by atoms with van der Waals surface area (Å²) < 4.78 is 0. The SMILES string of the molecule is CCCC1CCCC(C(C(=O)CC)C2CCCCC2)C1. The molecule has 3 atom stereocenters. The van der Waals surface area contributed by atoms with Gasteiger partial charge in [-0.25, -0.2) is 0 Å². The molecule has 0 spiro atoms. The molecule has 2 aliphatic rings. The van der Waals surface area contributed by atoms with Crippen LogP contribution in [0.5, 0.6) is 0 Å². The van der Waals surface area contributed by atoms with E-state index in [1.165, 1.54) is 70.6 Å². The van der Waals surface area contributed by atoms with Crippen LogP contribution in [0, 0.1) is 23.7 Å². The van der Waals surface area contributed by atoms with Crippen molar-refractivity contribution in [3.05, 3.63) is 0 Å². The first kappa shape index (κ1) is 16.0. The largest absolute Gasteiger partial charge is 0.299 e. The molecule has 2 saturated carbocycles. The smallest absolute Gasteiger partial charge is 0.136 e. The molecular formula is C19H34O. The van der Waals surface area contributed by atoms with Gasteiger partial charge in [0.1, 0.15) is 5.78 Å². The van der Waals surface area contributed by atoms with Crippen molar-refractivity contribution in [1.82, 2.24) is 0 Å². The first-order valence-electron chi connectivity index (χ1n) is 9.28. The summed E-state index contributed by atoms with van der Waals surface area (Å²) in [5.41, 5.74) is 0. The molecule has 0 radical (unpaired) electrons. The summed E-state index contributed by atoms with van der Waals surface area (Å²) in [6.07, 6.45) is 15.7. The quantitative estimate of drug-likeness (QED) is 0.603. The Morgan fingerprint density at radius 3 is 2.30 bits per heavy atom. The maximum atomic E-state index is 12.6. The predicted octanol–water partition coefficient (Wildman–Crippen LogP) is 5.77. The zero-order chi connectivity index (χ0) is 14.4. The first-order chi connectivity index (χ1) is 9.76. The van der Waals surface area contributed by atoms with E-state index < -0.39 is 0 Å². The fourth-order valence-corrected chi connectivity index (χ4v) is 4.97. The van der Waals surface area contributed by atoms with Gasteiger partial charge in [0.2, 0.25) is 0 Å². The van der Waals surface area contributed by atoms with E-state index in [-0.39, 0.29) is 0 Å². The van der Waals surface area contributed by atoms with Gasteiger partial charge in [-0.3, -0.25) is 4.79 Å². The molecule has 0 saturated heterocycles. The summed E-state index contributed by atoms with van der Waals surface area (Å²) in [7, 11) is 0. The van der Waals surface area contributed by atoms with Crippen molar-refractivity contribution in [2.75, 3.05) is 0 Å². The molecule has 0 aromatic rings. The highest BCUT2D eigenvalue weighted by molar-refractivity contribution is 5.81.